The van der Waals surface area contributed by atoms with E-state index < -0.39 is 0 Å². The maximum Gasteiger partial charge on any atom is 0.254 e. The Morgan fingerprint density at radius 3 is 2.65 bits per heavy atom. The van der Waals surface area contributed by atoms with Crippen LogP contribution in [0.25, 0.3) is 0 Å². The molecule has 6 heteroatoms. The Labute approximate surface area is 122 Å². The van der Waals surface area contributed by atoms with Crippen molar-refractivity contribution in [3.63, 3.8) is 0 Å². The molecule has 106 valence electrons. The number of pyridine rings is 1. The molecule has 0 saturated carbocycles. The summed E-state index contributed by atoms with van der Waals surface area (Å²) in [6, 6.07) is 1.45. The first-order chi connectivity index (χ1) is 9.40. The number of hydrogen-bond donors (Lipinski definition) is 1. The van der Waals surface area contributed by atoms with E-state index in [1.165, 1.54) is 6.20 Å². The zero-order chi connectivity index (χ0) is 14.9. The van der Waals surface area contributed by atoms with Gasteiger partial charge in [-0.1, -0.05) is 16.8 Å². The van der Waals surface area contributed by atoms with E-state index in [1.807, 2.05) is 27.7 Å². The van der Waals surface area contributed by atoms with Gasteiger partial charge < -0.3 is 9.84 Å². The second-order valence-corrected chi connectivity index (χ2v) is 5.15. The molecule has 1 N–H and O–H groups in total. The number of aryl methyl sites for hydroxylation is 3. The normalized spacial score (nSPS) is 12.2. The van der Waals surface area contributed by atoms with E-state index in [0.717, 1.165) is 17.0 Å². The van der Waals surface area contributed by atoms with E-state index >= 15 is 0 Å². The molecule has 2 rings (SSSR count). The number of amides is 1. The zero-order valence-electron chi connectivity index (χ0n) is 11.8. The fourth-order valence-electron chi connectivity index (χ4n) is 2.15. The minimum Gasteiger partial charge on any atom is -0.361 e. The molecule has 20 heavy (non-hydrogen) atoms. The third-order valence-corrected chi connectivity index (χ3v) is 3.42. The van der Waals surface area contributed by atoms with Gasteiger partial charge in [-0.3, -0.25) is 9.78 Å². The van der Waals surface area contributed by atoms with Crippen LogP contribution in [-0.2, 0) is 0 Å². The number of carbonyl (C=O) groups is 1. The van der Waals surface area contributed by atoms with Crippen molar-refractivity contribution in [3.8, 4) is 0 Å². The van der Waals surface area contributed by atoms with E-state index in [0.29, 0.717) is 16.3 Å². The predicted octanol–water partition coefficient (Wildman–Crippen LogP) is 3.14. The van der Waals surface area contributed by atoms with Crippen molar-refractivity contribution in [2.24, 2.45) is 0 Å². The number of hydrogen-bond acceptors (Lipinski definition) is 4. The summed E-state index contributed by atoms with van der Waals surface area (Å²) in [5, 5.41) is 7.15. The van der Waals surface area contributed by atoms with Crippen molar-refractivity contribution in [3.05, 3.63) is 45.6 Å². The highest BCUT2D eigenvalue weighted by Gasteiger charge is 2.20. The molecule has 2 aromatic rings. The minimum absolute atomic E-state index is 0.217. The van der Waals surface area contributed by atoms with Gasteiger partial charge in [0.1, 0.15) is 5.76 Å². The number of carbonyl (C=O) groups excluding carboxylic acids is 1. The lowest BCUT2D eigenvalue weighted by atomic mass is 10.1. The number of nitrogens with one attached hydrogen (secondary N) is 1. The first kappa shape index (κ1) is 14.5. The number of rotatable bonds is 3. The monoisotopic (exact) mass is 293 g/mol. The zero-order valence-corrected chi connectivity index (χ0v) is 12.6. The lowest BCUT2D eigenvalue weighted by Crippen LogP contribution is -2.27. The molecule has 0 aromatic carbocycles. The van der Waals surface area contributed by atoms with Gasteiger partial charge in [0, 0.05) is 17.5 Å². The summed E-state index contributed by atoms with van der Waals surface area (Å²) in [7, 11) is 0. The molecule has 2 aromatic heterocycles. The van der Waals surface area contributed by atoms with Gasteiger partial charge in [0.25, 0.3) is 5.91 Å². The Hall–Kier alpha value is -1.88. The lowest BCUT2D eigenvalue weighted by Gasteiger charge is -2.14. The molecule has 1 unspecified atom stereocenters. The van der Waals surface area contributed by atoms with E-state index in [1.54, 1.807) is 6.07 Å². The van der Waals surface area contributed by atoms with Gasteiger partial charge in [-0.15, -0.1) is 0 Å². The summed E-state index contributed by atoms with van der Waals surface area (Å²) >= 11 is 6.06. The Morgan fingerprint density at radius 1 is 1.40 bits per heavy atom. The first-order valence-electron chi connectivity index (χ1n) is 6.26. The maximum atomic E-state index is 12.2. The topological polar surface area (TPSA) is 68.0 Å². The predicted molar refractivity (Wildman–Crippen MR) is 75.8 cm³/mol. The quantitative estimate of drug-likeness (QED) is 0.944. The molecule has 0 bridgehead atoms. The number of aromatic nitrogens is 2. The highest BCUT2D eigenvalue weighted by Crippen LogP contribution is 2.22. The Morgan fingerprint density at radius 2 is 2.10 bits per heavy atom. The van der Waals surface area contributed by atoms with Crippen LogP contribution in [-0.4, -0.2) is 16.0 Å². The average molecular weight is 294 g/mol. The van der Waals surface area contributed by atoms with Crippen molar-refractivity contribution >= 4 is 17.5 Å². The van der Waals surface area contributed by atoms with Gasteiger partial charge in [-0.25, -0.2) is 0 Å². The molecule has 5 nitrogen and oxygen atoms in total. The van der Waals surface area contributed by atoms with Crippen LogP contribution in [0.1, 0.15) is 46.0 Å². The molecule has 2 heterocycles. The first-order valence-corrected chi connectivity index (χ1v) is 6.63. The summed E-state index contributed by atoms with van der Waals surface area (Å²) in [5.74, 6) is 0.429. The van der Waals surface area contributed by atoms with Crippen molar-refractivity contribution < 1.29 is 9.32 Å². The van der Waals surface area contributed by atoms with Crippen LogP contribution in [0.5, 0.6) is 0 Å². The van der Waals surface area contributed by atoms with Crippen LogP contribution in [0.15, 0.2) is 16.8 Å². The van der Waals surface area contributed by atoms with Gasteiger partial charge in [-0.05, 0) is 33.8 Å². The van der Waals surface area contributed by atoms with Crippen molar-refractivity contribution in [1.82, 2.24) is 15.5 Å². The smallest absolute Gasteiger partial charge is 0.254 e. The fourth-order valence-corrected chi connectivity index (χ4v) is 2.44. The van der Waals surface area contributed by atoms with Crippen LogP contribution in [0.3, 0.4) is 0 Å². The van der Waals surface area contributed by atoms with E-state index in [4.69, 9.17) is 16.1 Å². The Kier molecular flexibility index (Phi) is 4.09. The van der Waals surface area contributed by atoms with E-state index in [9.17, 15) is 4.79 Å². The second kappa shape index (κ2) is 5.63. The summed E-state index contributed by atoms with van der Waals surface area (Å²) < 4.78 is 5.10. The molecule has 1 amide bonds. The van der Waals surface area contributed by atoms with Crippen molar-refractivity contribution in [2.45, 2.75) is 33.7 Å². The highest BCUT2D eigenvalue weighted by atomic mass is 35.5. The molecule has 0 aliphatic heterocycles. The Bertz CT molecular complexity index is 632. The molecule has 0 fully saturated rings. The van der Waals surface area contributed by atoms with Gasteiger partial charge in [0.2, 0.25) is 0 Å². The van der Waals surface area contributed by atoms with E-state index in [-0.39, 0.29) is 11.9 Å². The third-order valence-electron chi connectivity index (χ3n) is 3.10. The van der Waals surface area contributed by atoms with Crippen molar-refractivity contribution in [2.75, 3.05) is 0 Å². The third kappa shape index (κ3) is 2.82. The highest BCUT2D eigenvalue weighted by molar-refractivity contribution is 6.33. The van der Waals surface area contributed by atoms with Crippen LogP contribution in [0, 0.1) is 20.8 Å². The molecular formula is C14H16ClN3O2. The molecule has 0 radical (unpaired) electrons. The van der Waals surface area contributed by atoms with Gasteiger partial charge in [0.15, 0.2) is 0 Å². The Balaban J connectivity index is 2.19. The molecule has 0 spiro atoms. The molecular weight excluding hydrogens is 278 g/mol. The summed E-state index contributed by atoms with van der Waals surface area (Å²) in [5.41, 5.74) is 2.78. The molecule has 0 aliphatic rings. The summed E-state index contributed by atoms with van der Waals surface area (Å²) in [6.07, 6.45) is 1.48. The van der Waals surface area contributed by atoms with Crippen LogP contribution in [0.2, 0.25) is 5.02 Å². The SMILES string of the molecule is Cc1cc(Cl)c(C(=O)NC(C)c2c(C)noc2C)cn1. The van der Waals surface area contributed by atoms with Crippen molar-refractivity contribution in [1.29, 1.82) is 0 Å². The van der Waals surface area contributed by atoms with Crippen LogP contribution >= 0.6 is 11.6 Å². The average Bonchev–Trinajstić information content (AvgIpc) is 2.68. The van der Waals surface area contributed by atoms with Gasteiger partial charge >= 0.3 is 0 Å². The number of halogens is 1. The van der Waals surface area contributed by atoms with Gasteiger partial charge in [0.05, 0.1) is 22.3 Å². The second-order valence-electron chi connectivity index (χ2n) is 4.74. The largest absolute Gasteiger partial charge is 0.361 e. The standard InChI is InChI=1S/C14H16ClN3O2/c1-7-5-12(15)11(6-16-7)14(19)17-8(2)13-9(3)18-20-10(13)4/h5-6,8H,1-4H3,(H,17,19). The van der Waals surface area contributed by atoms with Crippen LogP contribution in [0.4, 0.5) is 0 Å². The molecule has 1 atom stereocenters. The van der Waals surface area contributed by atoms with Gasteiger partial charge in [-0.2, -0.15) is 0 Å². The summed E-state index contributed by atoms with van der Waals surface area (Å²) in [6.45, 7) is 7.35. The fraction of sp³-hybridized carbons (Fsp3) is 0.357. The maximum absolute atomic E-state index is 12.2. The van der Waals surface area contributed by atoms with Crippen LogP contribution < -0.4 is 5.32 Å². The van der Waals surface area contributed by atoms with E-state index in [2.05, 4.69) is 15.5 Å². The lowest BCUT2D eigenvalue weighted by molar-refractivity contribution is 0.0939. The minimum atomic E-state index is -0.269. The summed E-state index contributed by atoms with van der Waals surface area (Å²) in [4.78, 5) is 16.3. The number of nitrogens with zero attached hydrogens (tertiary/aromatic N) is 2. The molecule has 0 saturated heterocycles. The molecule has 0 aliphatic carbocycles.